The fourth-order valence-electron chi connectivity index (χ4n) is 1.68. The fraction of sp³-hybridized carbons (Fsp3) is 0.214. The molecule has 1 heterocycles. The molecule has 1 N–H and O–H groups in total. The lowest BCUT2D eigenvalue weighted by Crippen LogP contribution is -2.22. The molecule has 0 amide bonds. The molecular formula is C14H16ClN3O2S. The number of aromatic nitrogens is 1. The number of benzene rings is 1. The summed E-state index contributed by atoms with van der Waals surface area (Å²) in [6.07, 6.45) is 1.33. The second kappa shape index (κ2) is 6.01. The number of sulfonamides is 1. The Morgan fingerprint density at radius 2 is 1.90 bits per heavy atom. The number of hydrogen-bond acceptors (Lipinski definition) is 4. The summed E-state index contributed by atoms with van der Waals surface area (Å²) >= 11 is 5.96. The largest absolute Gasteiger partial charge is 0.340 e. The molecule has 2 aromatic rings. The standard InChI is InChI=1S/C14H16ClN3O2S/c1-10-4-5-11(15)8-13(10)17-14-7-6-12(9-16-14)21(19,20)18(2)3/h4-9H,1-3H3,(H,16,17). The second-order valence-corrected chi connectivity index (χ2v) is 7.34. The minimum atomic E-state index is -3.46. The summed E-state index contributed by atoms with van der Waals surface area (Å²) in [6, 6.07) is 8.64. The normalized spacial score (nSPS) is 11.7. The first-order valence-corrected chi connectivity index (χ1v) is 8.04. The Labute approximate surface area is 129 Å². The molecule has 1 aromatic heterocycles. The third kappa shape index (κ3) is 3.53. The van der Waals surface area contributed by atoms with Gasteiger partial charge in [0.25, 0.3) is 0 Å². The molecule has 0 aliphatic rings. The van der Waals surface area contributed by atoms with E-state index in [0.717, 1.165) is 15.6 Å². The van der Waals surface area contributed by atoms with Crippen LogP contribution in [-0.4, -0.2) is 31.8 Å². The average Bonchev–Trinajstić information content (AvgIpc) is 2.43. The number of anilines is 2. The summed E-state index contributed by atoms with van der Waals surface area (Å²) < 4.78 is 25.0. The molecule has 2 rings (SSSR count). The summed E-state index contributed by atoms with van der Waals surface area (Å²) in [5, 5.41) is 3.74. The first-order valence-electron chi connectivity index (χ1n) is 6.22. The second-order valence-electron chi connectivity index (χ2n) is 4.75. The number of hydrogen-bond donors (Lipinski definition) is 1. The van der Waals surface area contributed by atoms with Crippen LogP contribution >= 0.6 is 11.6 Å². The molecule has 1 aromatic carbocycles. The molecule has 5 nitrogen and oxygen atoms in total. The smallest absolute Gasteiger partial charge is 0.244 e. The van der Waals surface area contributed by atoms with Gasteiger partial charge in [-0.1, -0.05) is 17.7 Å². The molecule has 0 spiro atoms. The molecule has 0 aliphatic carbocycles. The van der Waals surface area contributed by atoms with Crippen molar-refractivity contribution in [3.05, 3.63) is 47.1 Å². The molecule has 0 unspecified atom stereocenters. The van der Waals surface area contributed by atoms with Crippen LogP contribution in [0.25, 0.3) is 0 Å². The van der Waals surface area contributed by atoms with Crippen molar-refractivity contribution in [1.82, 2.24) is 9.29 Å². The summed E-state index contributed by atoms with van der Waals surface area (Å²) in [6.45, 7) is 1.95. The van der Waals surface area contributed by atoms with Crippen LogP contribution in [0, 0.1) is 6.92 Å². The number of rotatable bonds is 4. The predicted molar refractivity (Wildman–Crippen MR) is 84.6 cm³/mol. The van der Waals surface area contributed by atoms with Gasteiger partial charge in [0.2, 0.25) is 10.0 Å². The highest BCUT2D eigenvalue weighted by molar-refractivity contribution is 7.89. The Morgan fingerprint density at radius 1 is 1.19 bits per heavy atom. The minimum Gasteiger partial charge on any atom is -0.340 e. The average molecular weight is 326 g/mol. The van der Waals surface area contributed by atoms with Crippen molar-refractivity contribution in [3.8, 4) is 0 Å². The van der Waals surface area contributed by atoms with Crippen molar-refractivity contribution in [1.29, 1.82) is 0 Å². The lowest BCUT2D eigenvalue weighted by Gasteiger charge is -2.12. The van der Waals surface area contributed by atoms with Gasteiger partial charge in [0, 0.05) is 31.0 Å². The van der Waals surface area contributed by atoms with E-state index < -0.39 is 10.0 Å². The Bertz CT molecular complexity index is 743. The van der Waals surface area contributed by atoms with E-state index in [1.54, 1.807) is 12.1 Å². The van der Waals surface area contributed by atoms with Crippen molar-refractivity contribution >= 4 is 33.1 Å². The first kappa shape index (κ1) is 15.8. The van der Waals surface area contributed by atoms with Crippen LogP contribution in [0.4, 0.5) is 11.5 Å². The third-order valence-corrected chi connectivity index (χ3v) is 5.01. The van der Waals surface area contributed by atoms with E-state index >= 15 is 0 Å². The van der Waals surface area contributed by atoms with Gasteiger partial charge >= 0.3 is 0 Å². The maximum Gasteiger partial charge on any atom is 0.244 e. The highest BCUT2D eigenvalue weighted by Crippen LogP contribution is 2.23. The molecule has 0 atom stereocenters. The zero-order valence-electron chi connectivity index (χ0n) is 12.0. The molecule has 0 fully saturated rings. The quantitative estimate of drug-likeness (QED) is 0.938. The molecular weight excluding hydrogens is 310 g/mol. The third-order valence-electron chi connectivity index (χ3n) is 2.98. The van der Waals surface area contributed by atoms with E-state index in [0.29, 0.717) is 10.8 Å². The molecule has 0 saturated carbocycles. The van der Waals surface area contributed by atoms with Crippen molar-refractivity contribution in [2.75, 3.05) is 19.4 Å². The Hall–Kier alpha value is -1.63. The van der Waals surface area contributed by atoms with Gasteiger partial charge in [0.15, 0.2) is 0 Å². The van der Waals surface area contributed by atoms with Crippen LogP contribution in [-0.2, 0) is 10.0 Å². The Morgan fingerprint density at radius 3 is 2.48 bits per heavy atom. The Balaban J connectivity index is 2.26. The zero-order valence-corrected chi connectivity index (χ0v) is 13.5. The van der Waals surface area contributed by atoms with Crippen LogP contribution < -0.4 is 5.32 Å². The fourth-order valence-corrected chi connectivity index (χ4v) is 2.70. The first-order chi connectivity index (χ1) is 9.80. The molecule has 21 heavy (non-hydrogen) atoms. The molecule has 0 aliphatic heterocycles. The summed E-state index contributed by atoms with van der Waals surface area (Å²) in [5.74, 6) is 0.554. The molecule has 0 saturated heterocycles. The zero-order chi connectivity index (χ0) is 15.6. The molecule has 0 radical (unpaired) electrons. The van der Waals surface area contributed by atoms with Crippen molar-refractivity contribution < 1.29 is 8.42 Å². The summed E-state index contributed by atoms with van der Waals surface area (Å²) in [5.41, 5.74) is 1.85. The van der Waals surface area contributed by atoms with Gasteiger partial charge in [-0.3, -0.25) is 0 Å². The number of aryl methyl sites for hydroxylation is 1. The van der Waals surface area contributed by atoms with Gasteiger partial charge in [0.1, 0.15) is 10.7 Å². The van der Waals surface area contributed by atoms with Crippen LogP contribution in [0.5, 0.6) is 0 Å². The van der Waals surface area contributed by atoms with E-state index in [1.165, 1.54) is 26.4 Å². The lowest BCUT2D eigenvalue weighted by molar-refractivity contribution is 0.520. The van der Waals surface area contributed by atoms with Crippen LogP contribution in [0.2, 0.25) is 5.02 Å². The number of pyridine rings is 1. The van der Waals surface area contributed by atoms with E-state index in [-0.39, 0.29) is 4.90 Å². The van der Waals surface area contributed by atoms with Gasteiger partial charge < -0.3 is 5.32 Å². The number of nitrogens with zero attached hydrogens (tertiary/aromatic N) is 2. The number of nitrogens with one attached hydrogen (secondary N) is 1. The Kier molecular flexibility index (Phi) is 4.51. The maximum atomic E-state index is 11.9. The van der Waals surface area contributed by atoms with Gasteiger partial charge in [-0.25, -0.2) is 17.7 Å². The molecule has 112 valence electrons. The van der Waals surface area contributed by atoms with Crippen molar-refractivity contribution in [2.45, 2.75) is 11.8 Å². The van der Waals surface area contributed by atoms with Crippen molar-refractivity contribution in [3.63, 3.8) is 0 Å². The topological polar surface area (TPSA) is 62.3 Å². The highest BCUT2D eigenvalue weighted by atomic mass is 35.5. The summed E-state index contributed by atoms with van der Waals surface area (Å²) in [7, 11) is -0.494. The van der Waals surface area contributed by atoms with Gasteiger partial charge in [-0.2, -0.15) is 0 Å². The molecule has 0 bridgehead atoms. The van der Waals surface area contributed by atoms with Crippen molar-refractivity contribution in [2.24, 2.45) is 0 Å². The van der Waals surface area contributed by atoms with Crippen LogP contribution in [0.3, 0.4) is 0 Å². The van der Waals surface area contributed by atoms with E-state index in [4.69, 9.17) is 11.6 Å². The van der Waals surface area contributed by atoms with Gasteiger partial charge in [-0.05, 0) is 36.8 Å². The van der Waals surface area contributed by atoms with Crippen LogP contribution in [0.15, 0.2) is 41.4 Å². The van der Waals surface area contributed by atoms with E-state index in [9.17, 15) is 8.42 Å². The predicted octanol–water partition coefficient (Wildman–Crippen LogP) is 3.04. The highest BCUT2D eigenvalue weighted by Gasteiger charge is 2.17. The SMILES string of the molecule is Cc1ccc(Cl)cc1Nc1ccc(S(=O)(=O)N(C)C)cn1. The van der Waals surface area contributed by atoms with E-state index in [2.05, 4.69) is 10.3 Å². The monoisotopic (exact) mass is 325 g/mol. The summed E-state index contributed by atoms with van der Waals surface area (Å²) in [4.78, 5) is 4.29. The van der Waals surface area contributed by atoms with Gasteiger partial charge in [-0.15, -0.1) is 0 Å². The van der Waals surface area contributed by atoms with Gasteiger partial charge in [0.05, 0.1) is 0 Å². The van der Waals surface area contributed by atoms with E-state index in [1.807, 2.05) is 19.1 Å². The number of halogens is 1. The molecule has 7 heteroatoms. The minimum absolute atomic E-state index is 0.154. The maximum absolute atomic E-state index is 11.9. The van der Waals surface area contributed by atoms with Crippen LogP contribution in [0.1, 0.15) is 5.56 Å². The lowest BCUT2D eigenvalue weighted by atomic mass is 10.2.